The number of fused-ring (bicyclic) bond motifs is 5. The minimum absolute atomic E-state index is 0.353. The standard InChI is InChI=1S/C20H22N4S2.C8H9N/c1-10(2)6-5-9-25-17-13-14(16-15(13)19(22)24-20(16)23)18(17)26-12-8-4-3-7-11(12)21;1-2-4-8-6-9-5-7(8)3-1/h3-4,7-8,10H,5-6,9,21H2,1-2H3,(H3,22,23,24);1-4,9H,5-6H2. The second-order valence-corrected chi connectivity index (χ2v) is 11.6. The molecule has 1 aromatic heterocycles. The lowest BCUT2D eigenvalue weighted by Crippen LogP contribution is -2.05. The van der Waals surface area contributed by atoms with Gasteiger partial charge < -0.3 is 16.0 Å². The van der Waals surface area contributed by atoms with E-state index in [0.717, 1.165) is 51.5 Å². The lowest BCUT2D eigenvalue weighted by atomic mass is 9.93. The highest BCUT2D eigenvalue weighted by molar-refractivity contribution is 8.03. The first-order valence-corrected chi connectivity index (χ1v) is 13.9. The molecule has 0 amide bonds. The molecule has 5 nitrogen and oxygen atoms in total. The van der Waals surface area contributed by atoms with Crippen LogP contribution < -0.4 is 22.0 Å². The minimum atomic E-state index is 0.353. The van der Waals surface area contributed by atoms with Crippen LogP contribution in [0.5, 0.6) is 0 Å². The van der Waals surface area contributed by atoms with Gasteiger partial charge in [0.15, 0.2) is 0 Å². The molecule has 0 unspecified atom stereocenters. The van der Waals surface area contributed by atoms with Gasteiger partial charge in [-0.25, -0.2) is 0 Å². The third-order valence-electron chi connectivity index (χ3n) is 6.46. The van der Waals surface area contributed by atoms with Crippen LogP contribution >= 0.6 is 23.5 Å². The molecule has 6 rings (SSSR count). The Morgan fingerprint density at radius 1 is 0.857 bits per heavy atom. The molecule has 0 saturated heterocycles. The highest BCUT2D eigenvalue weighted by atomic mass is 32.2. The van der Waals surface area contributed by atoms with Crippen LogP contribution in [0.2, 0.25) is 0 Å². The van der Waals surface area contributed by atoms with E-state index < -0.39 is 0 Å². The summed E-state index contributed by atoms with van der Waals surface area (Å²) in [7, 11) is 0. The summed E-state index contributed by atoms with van der Waals surface area (Å²) in [6, 6.07) is 16.4. The number of nitrogens with two attached hydrogens (primary N) is 1. The molecule has 0 radical (unpaired) electrons. The third-order valence-corrected chi connectivity index (χ3v) is 8.99. The lowest BCUT2D eigenvalue weighted by molar-refractivity contribution is 0.579. The summed E-state index contributed by atoms with van der Waals surface area (Å²) >= 11 is 3.58. The molecule has 1 aliphatic rings. The molecule has 2 heterocycles. The van der Waals surface area contributed by atoms with Gasteiger partial charge in [0, 0.05) is 55.0 Å². The average molecular weight is 502 g/mol. The van der Waals surface area contributed by atoms with Crippen molar-refractivity contribution in [2.45, 2.75) is 54.5 Å². The van der Waals surface area contributed by atoms with Crippen LogP contribution in [-0.4, -0.2) is 10.7 Å². The summed E-state index contributed by atoms with van der Waals surface area (Å²) in [5.41, 5.74) is 10.6. The van der Waals surface area contributed by atoms with Gasteiger partial charge in [-0.2, -0.15) is 0 Å². The summed E-state index contributed by atoms with van der Waals surface area (Å²) in [5, 5.41) is 23.7. The van der Waals surface area contributed by atoms with Crippen molar-refractivity contribution in [3.63, 3.8) is 0 Å². The molecular weight excluding hydrogens is 470 g/mol. The van der Waals surface area contributed by atoms with Crippen molar-refractivity contribution in [3.8, 4) is 0 Å². The van der Waals surface area contributed by atoms with Gasteiger partial charge in [0.25, 0.3) is 0 Å². The fraction of sp³-hybridized carbons (Fsp3) is 0.286. The Bertz CT molecular complexity index is 1520. The Kier molecular flexibility index (Phi) is 6.91. The molecule has 5 aromatic rings. The van der Waals surface area contributed by atoms with E-state index in [-0.39, 0.29) is 0 Å². The number of aromatic amines is 1. The molecule has 4 aromatic carbocycles. The maximum absolute atomic E-state index is 8.11. The molecule has 0 aliphatic carbocycles. The number of H-pyrrole nitrogens is 1. The molecular formula is C28H31N5S2. The van der Waals surface area contributed by atoms with Crippen LogP contribution in [0.1, 0.15) is 37.8 Å². The first-order valence-electron chi connectivity index (χ1n) is 12.1. The van der Waals surface area contributed by atoms with Crippen molar-refractivity contribution < 1.29 is 0 Å². The Labute approximate surface area is 214 Å². The van der Waals surface area contributed by atoms with E-state index in [9.17, 15) is 0 Å². The van der Waals surface area contributed by atoms with Gasteiger partial charge in [0.05, 0.1) is 0 Å². The van der Waals surface area contributed by atoms with Crippen molar-refractivity contribution >= 4 is 50.8 Å². The van der Waals surface area contributed by atoms with Gasteiger partial charge in [0.1, 0.15) is 11.0 Å². The smallest absolute Gasteiger partial charge is 0.132 e. The summed E-state index contributed by atoms with van der Waals surface area (Å²) in [4.78, 5) is 6.40. The van der Waals surface area contributed by atoms with E-state index in [4.69, 9.17) is 16.6 Å². The van der Waals surface area contributed by atoms with Crippen LogP contribution in [0, 0.1) is 16.7 Å². The van der Waals surface area contributed by atoms with Crippen molar-refractivity contribution in [3.05, 3.63) is 70.6 Å². The maximum Gasteiger partial charge on any atom is 0.132 e. The summed E-state index contributed by atoms with van der Waals surface area (Å²) in [6.45, 7) is 6.62. The topological polar surface area (TPSA) is 102 Å². The number of hydrogen-bond donors (Lipinski definition) is 5. The quantitative estimate of drug-likeness (QED) is 0.105. The highest BCUT2D eigenvalue weighted by Crippen LogP contribution is 2.55. The Balaban J connectivity index is 0.000000234. The summed E-state index contributed by atoms with van der Waals surface area (Å²) in [5.74, 6) is 1.81. The molecule has 0 atom stereocenters. The zero-order chi connectivity index (χ0) is 24.5. The molecule has 0 bridgehead atoms. The number of hydrogen-bond acceptors (Lipinski definition) is 6. The number of benzene rings is 3. The van der Waals surface area contributed by atoms with Crippen LogP contribution in [-0.2, 0) is 13.1 Å². The fourth-order valence-electron chi connectivity index (χ4n) is 4.62. The van der Waals surface area contributed by atoms with Gasteiger partial charge >= 0.3 is 0 Å². The largest absolute Gasteiger partial charge is 0.398 e. The highest BCUT2D eigenvalue weighted by Gasteiger charge is 2.30. The monoisotopic (exact) mass is 501 g/mol. The van der Waals surface area contributed by atoms with Crippen LogP contribution in [0.15, 0.2) is 63.2 Å². The first kappa shape index (κ1) is 24.0. The fourth-order valence-corrected chi connectivity index (χ4v) is 7.08. The summed E-state index contributed by atoms with van der Waals surface area (Å²) < 4.78 is 0. The third kappa shape index (κ3) is 4.60. The van der Waals surface area contributed by atoms with Gasteiger partial charge in [0.2, 0.25) is 0 Å². The van der Waals surface area contributed by atoms with E-state index in [0.29, 0.717) is 11.0 Å². The van der Waals surface area contributed by atoms with Crippen LogP contribution in [0.25, 0.3) is 21.5 Å². The van der Waals surface area contributed by atoms with E-state index in [1.165, 1.54) is 39.1 Å². The van der Waals surface area contributed by atoms with Crippen molar-refractivity contribution in [1.29, 1.82) is 10.8 Å². The van der Waals surface area contributed by atoms with Crippen LogP contribution in [0.4, 0.5) is 5.69 Å². The van der Waals surface area contributed by atoms with E-state index in [1.54, 1.807) is 11.8 Å². The van der Waals surface area contributed by atoms with E-state index in [2.05, 4.69) is 48.4 Å². The number of nitrogen functional groups attached to an aromatic ring is 1. The Hall–Kier alpha value is -2.74. The SMILES string of the molecule is CC(C)CCCSc1c(Sc2ccccc2N)c2c1c1c(=N)[nH]c(=N)c21.c1ccc2c(c1)CNC2. The average Bonchev–Trinajstić information content (AvgIpc) is 3.38. The number of anilines is 1. The zero-order valence-corrected chi connectivity index (χ0v) is 21.8. The number of thioether (sulfide) groups is 1. The molecule has 0 spiro atoms. The molecule has 1 aliphatic heterocycles. The minimum Gasteiger partial charge on any atom is -0.398 e. The second-order valence-electron chi connectivity index (χ2n) is 9.43. The molecule has 0 fully saturated rings. The Morgan fingerprint density at radius 2 is 1.46 bits per heavy atom. The predicted molar refractivity (Wildman–Crippen MR) is 148 cm³/mol. The number of aromatic nitrogens is 1. The molecule has 6 N–H and O–H groups in total. The van der Waals surface area contributed by atoms with Gasteiger partial charge in [-0.15, -0.1) is 11.8 Å². The number of nitrogens with one attached hydrogen (secondary N) is 4. The summed E-state index contributed by atoms with van der Waals surface area (Å²) in [6.07, 6.45) is 2.42. The molecule has 180 valence electrons. The first-order chi connectivity index (χ1) is 17.0. The van der Waals surface area contributed by atoms with E-state index >= 15 is 0 Å². The normalized spacial score (nSPS) is 13.1. The molecule has 7 heteroatoms. The van der Waals surface area contributed by atoms with Crippen molar-refractivity contribution in [2.24, 2.45) is 5.92 Å². The maximum atomic E-state index is 8.11. The number of para-hydroxylation sites is 1. The predicted octanol–water partition coefficient (Wildman–Crippen LogP) is 6.14. The Morgan fingerprint density at radius 3 is 2.09 bits per heavy atom. The second kappa shape index (κ2) is 10.1. The lowest BCUT2D eigenvalue weighted by Gasteiger charge is -2.24. The van der Waals surface area contributed by atoms with E-state index in [1.807, 2.05) is 36.0 Å². The molecule has 0 saturated carbocycles. The molecule has 35 heavy (non-hydrogen) atoms. The van der Waals surface area contributed by atoms with Crippen molar-refractivity contribution in [1.82, 2.24) is 10.3 Å². The number of rotatable bonds is 7. The van der Waals surface area contributed by atoms with Crippen molar-refractivity contribution in [2.75, 3.05) is 11.5 Å². The van der Waals surface area contributed by atoms with Gasteiger partial charge in [-0.1, -0.05) is 68.4 Å². The van der Waals surface area contributed by atoms with Gasteiger partial charge in [-0.05, 0) is 41.4 Å². The zero-order valence-electron chi connectivity index (χ0n) is 20.1. The van der Waals surface area contributed by atoms with Gasteiger partial charge in [-0.3, -0.25) is 10.8 Å². The van der Waals surface area contributed by atoms with Crippen LogP contribution in [0.3, 0.4) is 0 Å².